The first-order chi connectivity index (χ1) is 7.30. The molecule has 2 fully saturated rings. The monoisotopic (exact) mass is 209 g/mol. The van der Waals surface area contributed by atoms with Crippen LogP contribution in [0.1, 0.15) is 58.3 Å². The molecule has 15 heavy (non-hydrogen) atoms. The van der Waals surface area contributed by atoms with Crippen molar-refractivity contribution >= 4 is 0 Å². The average molecular weight is 209 g/mol. The number of hydrogen-bond acceptors (Lipinski definition) is 1. The van der Waals surface area contributed by atoms with Gasteiger partial charge in [0.15, 0.2) is 0 Å². The van der Waals surface area contributed by atoms with Gasteiger partial charge in [-0.05, 0) is 56.5 Å². The van der Waals surface area contributed by atoms with E-state index in [9.17, 15) is 0 Å². The van der Waals surface area contributed by atoms with E-state index in [-0.39, 0.29) is 0 Å². The Balaban J connectivity index is 1.81. The van der Waals surface area contributed by atoms with E-state index in [4.69, 9.17) is 0 Å². The molecule has 1 nitrogen and oxygen atoms in total. The van der Waals surface area contributed by atoms with E-state index in [0.29, 0.717) is 0 Å². The van der Waals surface area contributed by atoms with Crippen molar-refractivity contribution in [1.82, 2.24) is 5.32 Å². The highest BCUT2D eigenvalue weighted by Gasteiger charge is 2.52. The quantitative estimate of drug-likeness (QED) is 0.746. The van der Waals surface area contributed by atoms with Gasteiger partial charge in [0.1, 0.15) is 0 Å². The second-order valence-electron chi connectivity index (χ2n) is 5.91. The molecule has 88 valence electrons. The van der Waals surface area contributed by atoms with Gasteiger partial charge in [-0.25, -0.2) is 0 Å². The molecule has 3 atom stereocenters. The molecule has 0 aromatic carbocycles. The molecule has 1 heteroatoms. The van der Waals surface area contributed by atoms with E-state index in [1.165, 1.54) is 57.9 Å². The van der Waals surface area contributed by atoms with Crippen LogP contribution >= 0.6 is 0 Å². The van der Waals surface area contributed by atoms with Gasteiger partial charge in [-0.15, -0.1) is 0 Å². The molecule has 0 aliphatic heterocycles. The van der Waals surface area contributed by atoms with E-state index in [0.717, 1.165) is 17.3 Å². The summed E-state index contributed by atoms with van der Waals surface area (Å²) in [6.45, 7) is 3.60. The minimum atomic E-state index is 0.797. The molecule has 1 spiro atoms. The van der Waals surface area contributed by atoms with Gasteiger partial charge in [0.05, 0.1) is 0 Å². The van der Waals surface area contributed by atoms with E-state index in [1.54, 1.807) is 0 Å². The standard InChI is InChI=1S/C14H27N/c1-3-5-12-6-4-8-14(9-7-12)10-13(14)11-15-2/h12-13,15H,3-11H2,1-2H3. The molecule has 1 N–H and O–H groups in total. The third kappa shape index (κ3) is 2.55. The molecule has 0 bridgehead atoms. The lowest BCUT2D eigenvalue weighted by atomic mass is 9.92. The third-order valence-corrected chi connectivity index (χ3v) is 4.84. The zero-order chi connectivity index (χ0) is 10.7. The molecule has 2 saturated carbocycles. The summed E-state index contributed by atoms with van der Waals surface area (Å²) in [5, 5.41) is 3.36. The molecule has 0 saturated heterocycles. The number of hydrogen-bond donors (Lipinski definition) is 1. The van der Waals surface area contributed by atoms with E-state index >= 15 is 0 Å². The first-order valence-corrected chi connectivity index (χ1v) is 6.95. The van der Waals surface area contributed by atoms with Gasteiger partial charge in [-0.1, -0.05) is 32.6 Å². The predicted molar refractivity (Wildman–Crippen MR) is 65.9 cm³/mol. The Morgan fingerprint density at radius 2 is 2.13 bits per heavy atom. The predicted octanol–water partition coefficient (Wildman–Crippen LogP) is 3.59. The molecule has 2 aliphatic rings. The SMILES string of the molecule is CCCC1CCCC2(CC1)CC2CNC. The van der Waals surface area contributed by atoms with Gasteiger partial charge in [-0.3, -0.25) is 0 Å². The second-order valence-corrected chi connectivity index (χ2v) is 5.91. The normalized spacial score (nSPS) is 40.4. The Labute approximate surface area is 95.0 Å². The molecule has 0 aromatic heterocycles. The lowest BCUT2D eigenvalue weighted by Crippen LogP contribution is -2.15. The minimum Gasteiger partial charge on any atom is -0.319 e. The number of rotatable bonds is 4. The smallest absolute Gasteiger partial charge is 0.00180 e. The summed E-state index contributed by atoms with van der Waals surface area (Å²) in [4.78, 5) is 0. The molecule has 0 amide bonds. The van der Waals surface area contributed by atoms with E-state index in [1.807, 2.05) is 0 Å². The lowest BCUT2D eigenvalue weighted by molar-refractivity contribution is 0.370. The molecule has 0 aromatic rings. The van der Waals surface area contributed by atoms with Crippen LogP contribution in [0.5, 0.6) is 0 Å². The maximum atomic E-state index is 3.36. The summed E-state index contributed by atoms with van der Waals surface area (Å²) in [6, 6.07) is 0. The first-order valence-electron chi connectivity index (χ1n) is 6.95. The Morgan fingerprint density at radius 3 is 2.87 bits per heavy atom. The van der Waals surface area contributed by atoms with Crippen LogP contribution in [0, 0.1) is 17.3 Å². The van der Waals surface area contributed by atoms with Crippen LogP contribution in [-0.4, -0.2) is 13.6 Å². The van der Waals surface area contributed by atoms with Crippen LogP contribution < -0.4 is 5.32 Å². The maximum Gasteiger partial charge on any atom is -0.00180 e. The third-order valence-electron chi connectivity index (χ3n) is 4.84. The summed E-state index contributed by atoms with van der Waals surface area (Å²) in [6.07, 6.45) is 12.0. The fourth-order valence-corrected chi connectivity index (χ4v) is 3.78. The summed E-state index contributed by atoms with van der Waals surface area (Å²) in [7, 11) is 2.10. The van der Waals surface area contributed by atoms with Crippen LogP contribution in [0.4, 0.5) is 0 Å². The van der Waals surface area contributed by atoms with Crippen LogP contribution in [0.25, 0.3) is 0 Å². The van der Waals surface area contributed by atoms with E-state index in [2.05, 4.69) is 19.3 Å². The molecular formula is C14H27N. The zero-order valence-corrected chi connectivity index (χ0v) is 10.5. The minimum absolute atomic E-state index is 0.797. The zero-order valence-electron chi connectivity index (χ0n) is 10.5. The summed E-state index contributed by atoms with van der Waals surface area (Å²) < 4.78 is 0. The largest absolute Gasteiger partial charge is 0.319 e. The van der Waals surface area contributed by atoms with Crippen molar-refractivity contribution in [1.29, 1.82) is 0 Å². The van der Waals surface area contributed by atoms with E-state index < -0.39 is 0 Å². The Bertz CT molecular complexity index is 196. The molecule has 0 radical (unpaired) electrons. The maximum absolute atomic E-state index is 3.36. The van der Waals surface area contributed by atoms with Crippen LogP contribution in [-0.2, 0) is 0 Å². The van der Waals surface area contributed by atoms with Crippen molar-refractivity contribution in [2.24, 2.45) is 17.3 Å². The topological polar surface area (TPSA) is 12.0 Å². The lowest BCUT2D eigenvalue weighted by Gasteiger charge is -2.15. The average Bonchev–Trinajstić information content (AvgIpc) is 2.93. The first kappa shape index (κ1) is 11.4. The van der Waals surface area contributed by atoms with Crippen LogP contribution in [0.2, 0.25) is 0 Å². The van der Waals surface area contributed by atoms with Gasteiger partial charge >= 0.3 is 0 Å². The van der Waals surface area contributed by atoms with Gasteiger partial charge in [0.25, 0.3) is 0 Å². The van der Waals surface area contributed by atoms with Crippen molar-refractivity contribution < 1.29 is 0 Å². The van der Waals surface area contributed by atoms with Crippen molar-refractivity contribution in [2.45, 2.75) is 58.3 Å². The van der Waals surface area contributed by atoms with Crippen molar-refractivity contribution in [3.8, 4) is 0 Å². The van der Waals surface area contributed by atoms with Crippen LogP contribution in [0.15, 0.2) is 0 Å². The van der Waals surface area contributed by atoms with Gasteiger partial charge < -0.3 is 5.32 Å². The molecule has 2 rings (SSSR count). The summed E-state index contributed by atoms with van der Waals surface area (Å²) in [5.41, 5.74) is 0.797. The highest BCUT2D eigenvalue weighted by molar-refractivity contribution is 5.03. The van der Waals surface area contributed by atoms with Crippen molar-refractivity contribution in [3.63, 3.8) is 0 Å². The van der Waals surface area contributed by atoms with Gasteiger partial charge in [0.2, 0.25) is 0 Å². The van der Waals surface area contributed by atoms with Gasteiger partial charge in [0, 0.05) is 0 Å². The van der Waals surface area contributed by atoms with Crippen molar-refractivity contribution in [3.05, 3.63) is 0 Å². The second kappa shape index (κ2) is 4.86. The fourth-order valence-electron chi connectivity index (χ4n) is 3.78. The van der Waals surface area contributed by atoms with Crippen LogP contribution in [0.3, 0.4) is 0 Å². The van der Waals surface area contributed by atoms with Gasteiger partial charge in [-0.2, -0.15) is 0 Å². The molecule has 0 heterocycles. The number of nitrogens with one attached hydrogen (secondary N) is 1. The Kier molecular flexibility index (Phi) is 3.71. The highest BCUT2D eigenvalue weighted by Crippen LogP contribution is 2.60. The Morgan fingerprint density at radius 1 is 1.27 bits per heavy atom. The molecular weight excluding hydrogens is 182 g/mol. The fraction of sp³-hybridized carbons (Fsp3) is 1.00. The summed E-state index contributed by atoms with van der Waals surface area (Å²) in [5.74, 6) is 2.08. The Hall–Kier alpha value is -0.0400. The summed E-state index contributed by atoms with van der Waals surface area (Å²) >= 11 is 0. The molecule has 2 aliphatic carbocycles. The highest BCUT2D eigenvalue weighted by atomic mass is 14.8. The van der Waals surface area contributed by atoms with Crippen molar-refractivity contribution in [2.75, 3.05) is 13.6 Å². The molecule has 3 unspecified atom stereocenters.